The van der Waals surface area contributed by atoms with Crippen LogP contribution in [0, 0.1) is 5.92 Å². The van der Waals surface area contributed by atoms with Gasteiger partial charge in [0.25, 0.3) is 0 Å². The Morgan fingerprint density at radius 2 is 1.71 bits per heavy atom. The van der Waals surface area contributed by atoms with Gasteiger partial charge in [-0.3, -0.25) is 4.79 Å². The SMILES string of the molecule is O=C(NC1CCCCC1)[C@H]1CCCN(S(=O)(=O)c2ccccc2)C1. The Morgan fingerprint density at radius 1 is 1.00 bits per heavy atom. The van der Waals surface area contributed by atoms with Crippen LogP contribution in [-0.4, -0.2) is 37.8 Å². The minimum atomic E-state index is -3.51. The van der Waals surface area contributed by atoms with Gasteiger partial charge in [0.05, 0.1) is 10.8 Å². The third-order valence-electron chi connectivity index (χ3n) is 5.09. The number of rotatable bonds is 4. The molecule has 1 heterocycles. The average molecular weight is 350 g/mol. The van der Waals surface area contributed by atoms with Crippen LogP contribution < -0.4 is 5.32 Å². The summed E-state index contributed by atoms with van der Waals surface area (Å²) in [6.45, 7) is 0.778. The van der Waals surface area contributed by atoms with Crippen molar-refractivity contribution in [2.24, 2.45) is 5.92 Å². The lowest BCUT2D eigenvalue weighted by molar-refractivity contribution is -0.127. The number of amides is 1. The van der Waals surface area contributed by atoms with Gasteiger partial charge in [-0.05, 0) is 37.8 Å². The highest BCUT2D eigenvalue weighted by atomic mass is 32.2. The van der Waals surface area contributed by atoms with Crippen LogP contribution in [0.25, 0.3) is 0 Å². The van der Waals surface area contributed by atoms with Crippen molar-refractivity contribution in [2.75, 3.05) is 13.1 Å². The molecule has 1 aromatic rings. The topological polar surface area (TPSA) is 66.5 Å². The van der Waals surface area contributed by atoms with Crippen molar-refractivity contribution in [3.8, 4) is 0 Å². The third kappa shape index (κ3) is 3.98. The van der Waals surface area contributed by atoms with Gasteiger partial charge in [0.15, 0.2) is 0 Å². The highest BCUT2D eigenvalue weighted by Gasteiger charge is 2.33. The maximum absolute atomic E-state index is 12.7. The smallest absolute Gasteiger partial charge is 0.243 e. The Labute approximate surface area is 144 Å². The molecule has 1 saturated carbocycles. The maximum Gasteiger partial charge on any atom is 0.243 e. The second kappa shape index (κ2) is 7.66. The molecular formula is C18H26N2O3S. The zero-order valence-electron chi connectivity index (χ0n) is 14.0. The number of carbonyl (C=O) groups excluding carboxylic acids is 1. The third-order valence-corrected chi connectivity index (χ3v) is 6.97. The lowest BCUT2D eigenvalue weighted by Crippen LogP contribution is -2.47. The van der Waals surface area contributed by atoms with E-state index >= 15 is 0 Å². The molecule has 1 amide bonds. The highest BCUT2D eigenvalue weighted by Crippen LogP contribution is 2.25. The van der Waals surface area contributed by atoms with Gasteiger partial charge < -0.3 is 5.32 Å². The van der Waals surface area contributed by atoms with Crippen LogP contribution >= 0.6 is 0 Å². The Hall–Kier alpha value is -1.40. The van der Waals surface area contributed by atoms with E-state index in [0.29, 0.717) is 11.4 Å². The van der Waals surface area contributed by atoms with Gasteiger partial charge in [0.2, 0.25) is 15.9 Å². The molecule has 1 aromatic carbocycles. The molecule has 1 saturated heterocycles. The molecule has 132 valence electrons. The molecule has 24 heavy (non-hydrogen) atoms. The first kappa shape index (κ1) is 17.4. The van der Waals surface area contributed by atoms with Crippen LogP contribution in [0.4, 0.5) is 0 Å². The molecule has 0 bridgehead atoms. The monoisotopic (exact) mass is 350 g/mol. The first-order chi connectivity index (χ1) is 11.6. The summed E-state index contributed by atoms with van der Waals surface area (Å²) in [5.41, 5.74) is 0. The molecule has 0 radical (unpaired) electrons. The molecule has 0 aromatic heterocycles. The van der Waals surface area contributed by atoms with Crippen molar-refractivity contribution in [3.05, 3.63) is 30.3 Å². The van der Waals surface area contributed by atoms with Crippen LogP contribution in [0.15, 0.2) is 35.2 Å². The summed E-state index contributed by atoms with van der Waals surface area (Å²) in [6, 6.07) is 8.75. The van der Waals surface area contributed by atoms with E-state index < -0.39 is 10.0 Å². The molecule has 2 aliphatic rings. The van der Waals surface area contributed by atoms with Crippen molar-refractivity contribution in [2.45, 2.75) is 55.9 Å². The molecule has 0 spiro atoms. The summed E-state index contributed by atoms with van der Waals surface area (Å²) in [7, 11) is -3.51. The summed E-state index contributed by atoms with van der Waals surface area (Å²) in [6.07, 6.45) is 7.18. The van der Waals surface area contributed by atoms with E-state index in [9.17, 15) is 13.2 Å². The molecule has 3 rings (SSSR count). The Balaban J connectivity index is 1.64. The fourth-order valence-corrected chi connectivity index (χ4v) is 5.23. The molecule has 5 nitrogen and oxygen atoms in total. The van der Waals surface area contributed by atoms with Crippen LogP contribution in [-0.2, 0) is 14.8 Å². The number of benzene rings is 1. The molecule has 1 aliphatic heterocycles. The number of nitrogens with one attached hydrogen (secondary N) is 1. The summed E-state index contributed by atoms with van der Waals surface area (Å²) < 4.78 is 26.9. The Bertz CT molecular complexity index is 654. The zero-order chi connectivity index (χ0) is 17.0. The first-order valence-corrected chi connectivity index (χ1v) is 10.4. The number of piperidine rings is 1. The summed E-state index contributed by atoms with van der Waals surface area (Å²) in [5, 5.41) is 3.14. The standard InChI is InChI=1S/C18H26N2O3S/c21-18(19-16-9-3-1-4-10-16)15-8-7-13-20(14-15)24(22,23)17-11-5-2-6-12-17/h2,5-6,11-12,15-16H,1,3-4,7-10,13-14H2,(H,19,21)/t15-/m0/s1. The van der Waals surface area contributed by atoms with Gasteiger partial charge in [0.1, 0.15) is 0 Å². The second-order valence-electron chi connectivity index (χ2n) is 6.86. The number of hydrogen-bond donors (Lipinski definition) is 1. The molecule has 1 N–H and O–H groups in total. The van der Waals surface area contributed by atoms with Crippen LogP contribution in [0.2, 0.25) is 0 Å². The van der Waals surface area contributed by atoms with Crippen molar-refractivity contribution in [1.82, 2.24) is 9.62 Å². The largest absolute Gasteiger partial charge is 0.353 e. The minimum absolute atomic E-state index is 0.0230. The fraction of sp³-hybridized carbons (Fsp3) is 0.611. The molecular weight excluding hydrogens is 324 g/mol. The van der Waals surface area contributed by atoms with Gasteiger partial charge in [-0.2, -0.15) is 4.31 Å². The van der Waals surface area contributed by atoms with Gasteiger partial charge in [-0.1, -0.05) is 37.5 Å². The molecule has 1 aliphatic carbocycles. The van der Waals surface area contributed by atoms with Gasteiger partial charge in [-0.25, -0.2) is 8.42 Å². The summed E-state index contributed by atoms with van der Waals surface area (Å²) in [4.78, 5) is 12.8. The predicted octanol–water partition coefficient (Wildman–Crippen LogP) is 2.54. The van der Waals surface area contributed by atoms with Crippen LogP contribution in [0.5, 0.6) is 0 Å². The van der Waals surface area contributed by atoms with Crippen molar-refractivity contribution < 1.29 is 13.2 Å². The fourth-order valence-electron chi connectivity index (χ4n) is 3.68. The van der Waals surface area contributed by atoms with E-state index in [1.54, 1.807) is 30.3 Å². The lowest BCUT2D eigenvalue weighted by Gasteiger charge is -2.32. The maximum atomic E-state index is 12.7. The van der Waals surface area contributed by atoms with E-state index in [1.807, 2.05) is 0 Å². The van der Waals surface area contributed by atoms with Crippen molar-refractivity contribution in [1.29, 1.82) is 0 Å². The molecule has 0 unspecified atom stereocenters. The first-order valence-electron chi connectivity index (χ1n) is 8.93. The number of hydrogen-bond acceptors (Lipinski definition) is 3. The van der Waals surface area contributed by atoms with Crippen LogP contribution in [0.3, 0.4) is 0 Å². The van der Waals surface area contributed by atoms with Gasteiger partial charge in [0, 0.05) is 19.1 Å². The van der Waals surface area contributed by atoms with Crippen LogP contribution in [0.1, 0.15) is 44.9 Å². The molecule has 6 heteroatoms. The van der Waals surface area contributed by atoms with Crippen molar-refractivity contribution in [3.63, 3.8) is 0 Å². The van der Waals surface area contributed by atoms with E-state index in [1.165, 1.54) is 23.6 Å². The molecule has 2 fully saturated rings. The van der Waals surface area contributed by atoms with Gasteiger partial charge in [-0.15, -0.1) is 0 Å². The highest BCUT2D eigenvalue weighted by molar-refractivity contribution is 7.89. The molecule has 1 atom stereocenters. The normalized spacial score (nSPS) is 23.8. The zero-order valence-corrected chi connectivity index (χ0v) is 14.8. The van der Waals surface area contributed by atoms with E-state index in [-0.39, 0.29) is 24.4 Å². The number of sulfonamides is 1. The minimum Gasteiger partial charge on any atom is -0.353 e. The Morgan fingerprint density at radius 3 is 2.42 bits per heavy atom. The Kier molecular flexibility index (Phi) is 5.56. The lowest BCUT2D eigenvalue weighted by atomic mass is 9.93. The predicted molar refractivity (Wildman–Crippen MR) is 92.9 cm³/mol. The summed E-state index contributed by atoms with van der Waals surface area (Å²) >= 11 is 0. The van der Waals surface area contributed by atoms with E-state index in [4.69, 9.17) is 0 Å². The average Bonchev–Trinajstić information content (AvgIpc) is 2.63. The second-order valence-corrected chi connectivity index (χ2v) is 8.80. The van der Waals surface area contributed by atoms with Gasteiger partial charge >= 0.3 is 0 Å². The van der Waals surface area contributed by atoms with E-state index in [0.717, 1.165) is 25.7 Å². The quantitative estimate of drug-likeness (QED) is 0.907. The number of carbonyl (C=O) groups is 1. The van der Waals surface area contributed by atoms with Crippen molar-refractivity contribution >= 4 is 15.9 Å². The summed E-state index contributed by atoms with van der Waals surface area (Å²) in [5.74, 6) is -0.214. The van der Waals surface area contributed by atoms with E-state index in [2.05, 4.69) is 5.32 Å². The number of nitrogens with zero attached hydrogens (tertiary/aromatic N) is 1.